The molecule has 0 bridgehead atoms. The van der Waals surface area contributed by atoms with E-state index >= 15 is 0 Å². The van der Waals surface area contributed by atoms with Crippen molar-refractivity contribution in [2.45, 2.75) is 78.1 Å². The van der Waals surface area contributed by atoms with Gasteiger partial charge < -0.3 is 0 Å². The van der Waals surface area contributed by atoms with Gasteiger partial charge in [0.1, 0.15) is 10.0 Å². The molecular weight excluding hydrogens is 469 g/mol. The van der Waals surface area contributed by atoms with E-state index in [1.54, 1.807) is 22.7 Å². The van der Waals surface area contributed by atoms with Gasteiger partial charge in [-0.3, -0.25) is 0 Å². The molecule has 0 unspecified atom stereocenters. The molecule has 0 spiro atoms. The highest BCUT2D eigenvalue weighted by atomic mass is 32.2. The van der Waals surface area contributed by atoms with E-state index in [-0.39, 0.29) is 0 Å². The smallest absolute Gasteiger partial charge is 0.155 e. The maximum Gasteiger partial charge on any atom is 0.155 e. The van der Waals surface area contributed by atoms with Crippen LogP contribution in [0.3, 0.4) is 0 Å². The lowest BCUT2D eigenvalue weighted by Gasteiger charge is -2.14. The topological polar surface area (TPSA) is 25.8 Å². The highest BCUT2D eigenvalue weighted by Gasteiger charge is 2.21. The second-order valence-electron chi connectivity index (χ2n) is 8.41. The lowest BCUT2D eigenvalue weighted by molar-refractivity contribution is 0.669. The van der Waals surface area contributed by atoms with Crippen molar-refractivity contribution in [2.75, 3.05) is 11.5 Å². The van der Waals surface area contributed by atoms with E-state index in [9.17, 15) is 0 Å². The molecule has 0 radical (unpaired) electrons. The zero-order chi connectivity index (χ0) is 22.2. The summed E-state index contributed by atoms with van der Waals surface area (Å²) in [5.41, 5.74) is 2.95. The van der Waals surface area contributed by atoms with Gasteiger partial charge in [-0.2, -0.15) is 0 Å². The number of unbranched alkanes of at least 4 members (excludes halogenated alkanes) is 6. The predicted molar refractivity (Wildman–Crippen MR) is 150 cm³/mol. The third-order valence-corrected chi connectivity index (χ3v) is 10.4. The number of aromatic nitrogens is 2. The van der Waals surface area contributed by atoms with Gasteiger partial charge in [0.15, 0.2) is 9.66 Å². The highest BCUT2D eigenvalue weighted by molar-refractivity contribution is 8.09. The quantitative estimate of drug-likeness (QED) is 0.270. The molecule has 32 heavy (non-hydrogen) atoms. The lowest BCUT2D eigenvalue weighted by atomic mass is 10.1. The number of allylic oxidation sites excluding steroid dienone is 4. The Morgan fingerprint density at radius 1 is 0.656 bits per heavy atom. The summed E-state index contributed by atoms with van der Waals surface area (Å²) in [6, 6.07) is 0. The molecule has 2 aliphatic heterocycles. The zero-order valence-electron chi connectivity index (χ0n) is 19.3. The molecule has 172 valence electrons. The van der Waals surface area contributed by atoms with Crippen LogP contribution in [0.4, 0.5) is 0 Å². The SMILES string of the molecule is CCCCCCC1=C(c2nc3sc(C4=C(CCCCCC)C=CCS4)nc3s2)SCC=C1. The van der Waals surface area contributed by atoms with Crippen molar-refractivity contribution in [3.63, 3.8) is 0 Å². The highest BCUT2D eigenvalue weighted by Crippen LogP contribution is 2.44. The summed E-state index contributed by atoms with van der Waals surface area (Å²) < 4.78 is 0. The molecular formula is C26H34N2S4. The second-order valence-corrected chi connectivity index (χ2v) is 12.4. The minimum Gasteiger partial charge on any atom is -0.223 e. The normalized spacial score (nSPS) is 16.7. The monoisotopic (exact) mass is 502 g/mol. The predicted octanol–water partition coefficient (Wildman–Crippen LogP) is 9.72. The molecule has 0 saturated carbocycles. The van der Waals surface area contributed by atoms with E-state index in [0.29, 0.717) is 0 Å². The zero-order valence-corrected chi connectivity index (χ0v) is 22.6. The molecule has 0 atom stereocenters. The maximum atomic E-state index is 5.07. The molecule has 0 aliphatic carbocycles. The van der Waals surface area contributed by atoms with Crippen molar-refractivity contribution in [3.05, 3.63) is 45.5 Å². The summed E-state index contributed by atoms with van der Waals surface area (Å²) in [5.74, 6) is 2.11. The second kappa shape index (κ2) is 12.6. The van der Waals surface area contributed by atoms with Crippen LogP contribution in [0.25, 0.3) is 19.5 Å². The number of rotatable bonds is 12. The fraction of sp³-hybridized carbons (Fsp3) is 0.538. The Kier molecular flexibility index (Phi) is 9.56. The summed E-state index contributed by atoms with van der Waals surface area (Å²) in [4.78, 5) is 15.2. The average molecular weight is 503 g/mol. The molecule has 0 fully saturated rings. The van der Waals surface area contributed by atoms with E-state index in [0.717, 1.165) is 21.2 Å². The van der Waals surface area contributed by atoms with Crippen LogP contribution in [0.5, 0.6) is 0 Å². The number of thiazole rings is 2. The number of hydrogen-bond acceptors (Lipinski definition) is 6. The van der Waals surface area contributed by atoms with Gasteiger partial charge in [-0.25, -0.2) is 9.97 Å². The Labute approximate surface area is 209 Å². The van der Waals surface area contributed by atoms with Crippen LogP contribution in [0.2, 0.25) is 0 Å². The third-order valence-electron chi connectivity index (χ3n) is 5.83. The largest absolute Gasteiger partial charge is 0.223 e. The summed E-state index contributed by atoms with van der Waals surface area (Å²) >= 11 is 7.47. The lowest BCUT2D eigenvalue weighted by Crippen LogP contribution is -1.94. The van der Waals surface area contributed by atoms with Crippen LogP contribution in [-0.4, -0.2) is 21.5 Å². The van der Waals surface area contributed by atoms with Crippen LogP contribution in [0, 0.1) is 0 Å². The van der Waals surface area contributed by atoms with Crippen LogP contribution >= 0.6 is 46.2 Å². The van der Waals surface area contributed by atoms with Gasteiger partial charge in [-0.05, 0) is 36.8 Å². The standard InChI is InChI=1S/C26H34N2S4/c1-3-5-7-9-13-19-15-11-17-29-21(19)23-27-25-26(31-23)28-24(32-25)22-20(16-12-18-30-22)14-10-8-6-4-2/h11-12,15-16H,3-10,13-14,17-18H2,1-2H3. The van der Waals surface area contributed by atoms with Crippen LogP contribution in [0.1, 0.15) is 88.1 Å². The minimum atomic E-state index is 1.05. The number of hydrogen-bond donors (Lipinski definition) is 0. The molecule has 4 rings (SSSR count). The molecule has 4 heterocycles. The van der Waals surface area contributed by atoms with Crippen molar-refractivity contribution in [3.8, 4) is 0 Å². The number of nitrogens with zero attached hydrogens (tertiary/aromatic N) is 2. The molecule has 2 aromatic rings. The van der Waals surface area contributed by atoms with Crippen molar-refractivity contribution in [1.82, 2.24) is 9.97 Å². The Hall–Kier alpha value is -0.820. The van der Waals surface area contributed by atoms with Gasteiger partial charge in [-0.15, -0.1) is 23.5 Å². The van der Waals surface area contributed by atoms with E-state index < -0.39 is 0 Å². The molecule has 2 nitrogen and oxygen atoms in total. The van der Waals surface area contributed by atoms with E-state index in [1.165, 1.54) is 95.2 Å². The Morgan fingerprint density at radius 3 is 1.56 bits per heavy atom. The average Bonchev–Trinajstić information content (AvgIpc) is 3.40. The first-order valence-electron chi connectivity index (χ1n) is 12.1. The molecule has 6 heteroatoms. The first kappa shape index (κ1) is 24.3. The Morgan fingerprint density at radius 2 is 1.12 bits per heavy atom. The van der Waals surface area contributed by atoms with E-state index in [4.69, 9.17) is 9.97 Å². The Balaban J connectivity index is 1.53. The maximum absolute atomic E-state index is 5.07. The van der Waals surface area contributed by atoms with Gasteiger partial charge in [0, 0.05) is 21.3 Å². The Bertz CT molecular complexity index is 913. The van der Waals surface area contributed by atoms with Crippen LogP contribution in [0.15, 0.2) is 35.5 Å². The molecule has 0 amide bonds. The van der Waals surface area contributed by atoms with Crippen molar-refractivity contribution in [1.29, 1.82) is 0 Å². The van der Waals surface area contributed by atoms with E-state index in [2.05, 4.69) is 38.2 Å². The van der Waals surface area contributed by atoms with Gasteiger partial charge in [-0.1, -0.05) is 99.4 Å². The van der Waals surface area contributed by atoms with Crippen molar-refractivity contribution in [2.24, 2.45) is 0 Å². The fourth-order valence-corrected chi connectivity index (χ4v) is 8.46. The molecule has 0 N–H and O–H groups in total. The summed E-state index contributed by atoms with van der Waals surface area (Å²) in [6.07, 6.45) is 22.1. The van der Waals surface area contributed by atoms with Gasteiger partial charge in [0.05, 0.1) is 0 Å². The molecule has 0 saturated heterocycles. The first-order chi connectivity index (χ1) is 15.8. The van der Waals surface area contributed by atoms with Crippen LogP contribution in [-0.2, 0) is 0 Å². The number of thioether (sulfide) groups is 2. The molecule has 2 aromatic heterocycles. The van der Waals surface area contributed by atoms with E-state index in [1.807, 2.05) is 23.5 Å². The molecule has 2 aliphatic rings. The summed E-state index contributed by atoms with van der Waals surface area (Å²) in [6.45, 7) is 4.55. The van der Waals surface area contributed by atoms with Gasteiger partial charge in [0.2, 0.25) is 0 Å². The first-order valence-corrected chi connectivity index (χ1v) is 15.7. The van der Waals surface area contributed by atoms with Gasteiger partial charge >= 0.3 is 0 Å². The third kappa shape index (κ3) is 6.19. The summed E-state index contributed by atoms with van der Waals surface area (Å²) in [5, 5.41) is 2.35. The van der Waals surface area contributed by atoms with Crippen LogP contribution < -0.4 is 0 Å². The van der Waals surface area contributed by atoms with Crippen molar-refractivity contribution < 1.29 is 0 Å². The van der Waals surface area contributed by atoms with Crippen molar-refractivity contribution >= 4 is 65.7 Å². The number of fused-ring (bicyclic) bond motifs is 1. The fourth-order valence-electron chi connectivity index (χ4n) is 4.09. The van der Waals surface area contributed by atoms with Gasteiger partial charge in [0.25, 0.3) is 0 Å². The minimum absolute atomic E-state index is 1.05. The summed E-state index contributed by atoms with van der Waals surface area (Å²) in [7, 11) is 0. The molecule has 0 aromatic carbocycles.